The molecule has 39 heavy (non-hydrogen) atoms. The Morgan fingerprint density at radius 3 is 2.59 bits per heavy atom. The molecule has 4 aromatic rings. The van der Waals surface area contributed by atoms with Crippen molar-refractivity contribution >= 4 is 44.5 Å². The van der Waals surface area contributed by atoms with Gasteiger partial charge in [-0.25, -0.2) is 18.2 Å². The molecule has 0 saturated carbocycles. The number of carboxylic acid groups (broad SMARTS) is 1. The standard InChI is InChI=1S/C27H29ClN4O6S/c1-27(2,11-12-32-17-29-22-14-21(28)25(15-23(22)32)38-26(34)35)30-16-24(33)18-7-6-8-19(13-18)31-39(36,37)20-9-4-3-5-10-20/h3-10,13-15,17,24,30-31,33H,11-12,16H2,1-2H3,(H,34,35). The number of aryl methyl sites for hydroxylation is 1. The van der Waals surface area contributed by atoms with E-state index in [1.165, 1.54) is 12.1 Å². The number of β-amino-alcohol motifs (C(OH)–C–C–N with tert-alkyl or cyclic N) is 1. The van der Waals surface area contributed by atoms with Crippen LogP contribution in [0.25, 0.3) is 11.0 Å². The maximum atomic E-state index is 12.6. The van der Waals surface area contributed by atoms with E-state index in [4.69, 9.17) is 21.4 Å². The largest absolute Gasteiger partial charge is 0.511 e. The number of rotatable bonds is 11. The number of fused-ring (bicyclic) bond motifs is 1. The summed E-state index contributed by atoms with van der Waals surface area (Å²) in [7, 11) is -3.75. The van der Waals surface area contributed by atoms with E-state index < -0.39 is 27.8 Å². The zero-order valence-electron chi connectivity index (χ0n) is 21.3. The second-order valence-corrected chi connectivity index (χ2v) is 11.7. The van der Waals surface area contributed by atoms with E-state index in [9.17, 15) is 18.3 Å². The van der Waals surface area contributed by atoms with Crippen LogP contribution in [-0.2, 0) is 16.6 Å². The smallest absolute Gasteiger partial charge is 0.449 e. The Labute approximate surface area is 231 Å². The number of benzene rings is 3. The van der Waals surface area contributed by atoms with E-state index in [0.29, 0.717) is 35.2 Å². The van der Waals surface area contributed by atoms with Gasteiger partial charge in [0.2, 0.25) is 0 Å². The summed E-state index contributed by atoms with van der Waals surface area (Å²) >= 11 is 6.09. The highest BCUT2D eigenvalue weighted by molar-refractivity contribution is 7.92. The number of ether oxygens (including phenoxy) is 1. The predicted molar refractivity (Wildman–Crippen MR) is 149 cm³/mol. The Morgan fingerprint density at radius 1 is 1.13 bits per heavy atom. The molecule has 0 bridgehead atoms. The molecule has 1 heterocycles. The number of sulfonamides is 1. The third-order valence-corrected chi connectivity index (χ3v) is 7.89. The molecule has 0 fully saturated rings. The van der Waals surface area contributed by atoms with E-state index in [-0.39, 0.29) is 22.2 Å². The van der Waals surface area contributed by atoms with Crippen LogP contribution < -0.4 is 14.8 Å². The number of nitrogens with zero attached hydrogens (tertiary/aromatic N) is 2. The van der Waals surface area contributed by atoms with E-state index in [0.717, 1.165) is 0 Å². The Morgan fingerprint density at radius 2 is 1.87 bits per heavy atom. The zero-order valence-corrected chi connectivity index (χ0v) is 22.9. The summed E-state index contributed by atoms with van der Waals surface area (Å²) in [5.74, 6) is 0.0345. The van der Waals surface area contributed by atoms with Crippen LogP contribution in [0.5, 0.6) is 5.75 Å². The topological polar surface area (TPSA) is 143 Å². The molecule has 0 aliphatic heterocycles. The van der Waals surface area contributed by atoms with Crippen LogP contribution >= 0.6 is 11.6 Å². The number of carbonyl (C=O) groups is 1. The number of aliphatic hydroxyl groups excluding tert-OH is 1. The molecular formula is C27H29ClN4O6S. The van der Waals surface area contributed by atoms with Crippen LogP contribution in [0.3, 0.4) is 0 Å². The molecule has 10 nitrogen and oxygen atoms in total. The predicted octanol–water partition coefficient (Wildman–Crippen LogP) is 5.04. The first-order valence-corrected chi connectivity index (χ1v) is 14.0. The third kappa shape index (κ3) is 7.27. The molecule has 0 radical (unpaired) electrons. The molecule has 1 atom stereocenters. The normalized spacial score (nSPS) is 12.8. The van der Waals surface area contributed by atoms with Crippen molar-refractivity contribution in [2.24, 2.45) is 0 Å². The minimum atomic E-state index is -3.75. The Balaban J connectivity index is 1.37. The van der Waals surface area contributed by atoms with Gasteiger partial charge in [0.05, 0.1) is 33.4 Å². The van der Waals surface area contributed by atoms with Crippen molar-refractivity contribution < 1.29 is 28.2 Å². The van der Waals surface area contributed by atoms with Crippen molar-refractivity contribution in [3.8, 4) is 5.75 Å². The van der Waals surface area contributed by atoms with Crippen LogP contribution in [0.1, 0.15) is 31.9 Å². The summed E-state index contributed by atoms with van der Waals surface area (Å²) in [6.45, 7) is 4.79. The Bertz CT molecular complexity index is 1570. The lowest BCUT2D eigenvalue weighted by molar-refractivity contribution is 0.144. The molecular weight excluding hydrogens is 544 g/mol. The summed E-state index contributed by atoms with van der Waals surface area (Å²) < 4.78 is 34.5. The van der Waals surface area contributed by atoms with Crippen LogP contribution in [0.4, 0.5) is 10.5 Å². The summed E-state index contributed by atoms with van der Waals surface area (Å²) in [6, 6.07) is 17.8. The van der Waals surface area contributed by atoms with E-state index in [1.54, 1.807) is 60.9 Å². The lowest BCUT2D eigenvalue weighted by Gasteiger charge is -2.28. The summed E-state index contributed by atoms with van der Waals surface area (Å²) in [4.78, 5) is 15.4. The fourth-order valence-corrected chi connectivity index (χ4v) is 5.28. The van der Waals surface area contributed by atoms with Gasteiger partial charge in [0.1, 0.15) is 0 Å². The first kappa shape index (κ1) is 28.4. The first-order valence-electron chi connectivity index (χ1n) is 12.1. The van der Waals surface area contributed by atoms with Gasteiger partial charge in [-0.2, -0.15) is 0 Å². The van der Waals surface area contributed by atoms with E-state index in [1.807, 2.05) is 18.4 Å². The van der Waals surface area contributed by atoms with Gasteiger partial charge in [-0.1, -0.05) is 41.9 Å². The molecule has 1 unspecified atom stereocenters. The second kappa shape index (κ2) is 11.6. The van der Waals surface area contributed by atoms with Crippen molar-refractivity contribution in [3.63, 3.8) is 0 Å². The van der Waals surface area contributed by atoms with Gasteiger partial charge in [-0.15, -0.1) is 0 Å². The van der Waals surface area contributed by atoms with Crippen LogP contribution in [0.15, 0.2) is 78.0 Å². The average Bonchev–Trinajstić information content (AvgIpc) is 3.28. The summed E-state index contributed by atoms with van der Waals surface area (Å²) in [6.07, 6.45) is -0.0269. The van der Waals surface area contributed by atoms with Gasteiger partial charge in [0.15, 0.2) is 5.75 Å². The molecule has 0 amide bonds. The Hall–Kier alpha value is -3.64. The van der Waals surface area contributed by atoms with Crippen LogP contribution in [-0.4, -0.2) is 46.4 Å². The summed E-state index contributed by atoms with van der Waals surface area (Å²) in [5.41, 5.74) is 1.82. The van der Waals surface area contributed by atoms with Crippen LogP contribution in [0.2, 0.25) is 5.02 Å². The van der Waals surface area contributed by atoms with Crippen molar-refractivity contribution in [1.29, 1.82) is 0 Å². The minimum absolute atomic E-state index is 0.0345. The van der Waals surface area contributed by atoms with Crippen molar-refractivity contribution in [2.45, 2.75) is 43.4 Å². The third-order valence-electron chi connectivity index (χ3n) is 6.20. The monoisotopic (exact) mass is 572 g/mol. The molecule has 0 spiro atoms. The zero-order chi connectivity index (χ0) is 28.2. The van der Waals surface area contributed by atoms with Gasteiger partial charge in [-0.05, 0) is 56.2 Å². The fraction of sp³-hybridized carbons (Fsp3) is 0.259. The summed E-state index contributed by atoms with van der Waals surface area (Å²) in [5, 5.41) is 23.3. The number of aliphatic hydroxyl groups is 1. The average molecular weight is 573 g/mol. The lowest BCUT2D eigenvalue weighted by Crippen LogP contribution is -2.42. The number of anilines is 1. The highest BCUT2D eigenvalue weighted by Crippen LogP contribution is 2.30. The maximum absolute atomic E-state index is 12.6. The van der Waals surface area contributed by atoms with Gasteiger partial charge in [0, 0.05) is 30.4 Å². The molecule has 0 aliphatic rings. The molecule has 4 N–H and O–H groups in total. The first-order chi connectivity index (χ1) is 18.4. The van der Waals surface area contributed by atoms with E-state index >= 15 is 0 Å². The van der Waals surface area contributed by atoms with Gasteiger partial charge < -0.3 is 24.8 Å². The fourth-order valence-electron chi connectivity index (χ4n) is 4.01. The second-order valence-electron chi connectivity index (χ2n) is 9.65. The molecule has 12 heteroatoms. The number of aromatic nitrogens is 2. The molecule has 1 aromatic heterocycles. The van der Waals surface area contributed by atoms with Crippen molar-refractivity contribution in [1.82, 2.24) is 14.9 Å². The molecule has 4 rings (SSSR count). The van der Waals surface area contributed by atoms with Gasteiger partial charge >= 0.3 is 6.16 Å². The van der Waals surface area contributed by atoms with Crippen LogP contribution in [0, 0.1) is 0 Å². The van der Waals surface area contributed by atoms with Crippen molar-refractivity contribution in [2.75, 3.05) is 11.3 Å². The quantitative estimate of drug-likeness (QED) is 0.145. The maximum Gasteiger partial charge on any atom is 0.511 e. The molecule has 0 aliphatic carbocycles. The van der Waals surface area contributed by atoms with Crippen molar-refractivity contribution in [3.05, 3.63) is 83.6 Å². The number of imidazole rings is 1. The van der Waals surface area contributed by atoms with Gasteiger partial charge in [0.25, 0.3) is 10.0 Å². The molecule has 0 saturated heterocycles. The minimum Gasteiger partial charge on any atom is -0.449 e. The highest BCUT2D eigenvalue weighted by atomic mass is 35.5. The lowest BCUT2D eigenvalue weighted by atomic mass is 9.99. The SMILES string of the molecule is CC(C)(CCn1cnc2cc(Cl)c(OC(=O)O)cc21)NCC(O)c1cccc(NS(=O)(=O)c2ccccc2)c1. The number of nitrogens with one attached hydrogen (secondary N) is 2. The van der Waals surface area contributed by atoms with E-state index in [2.05, 4.69) is 15.0 Å². The molecule has 3 aromatic carbocycles. The highest BCUT2D eigenvalue weighted by Gasteiger charge is 2.21. The number of halogens is 1. The Kier molecular flexibility index (Phi) is 8.45. The van der Waals surface area contributed by atoms with Gasteiger partial charge in [-0.3, -0.25) is 4.72 Å². The number of hydrogen-bond donors (Lipinski definition) is 4. The number of hydrogen-bond acceptors (Lipinski definition) is 7. The molecule has 206 valence electrons.